The monoisotopic (exact) mass is 172 g/mol. The average Bonchev–Trinajstić information content (AvgIpc) is 1.84. The molecule has 0 aromatic rings. The first-order valence-corrected chi connectivity index (χ1v) is 3.97. The van der Waals surface area contributed by atoms with Crippen molar-refractivity contribution in [3.05, 3.63) is 0 Å². The van der Waals surface area contributed by atoms with E-state index in [1.54, 1.807) is 0 Å². The van der Waals surface area contributed by atoms with Gasteiger partial charge in [0.2, 0.25) is 0 Å². The van der Waals surface area contributed by atoms with Gasteiger partial charge >= 0.3 is 11.9 Å². The Morgan fingerprint density at radius 3 is 1.25 bits per heavy atom. The molecule has 4 heteroatoms. The van der Waals surface area contributed by atoms with E-state index in [1.807, 2.05) is 13.8 Å². The Balaban J connectivity index is 0.000000120. The van der Waals surface area contributed by atoms with Gasteiger partial charge in [-0.05, 0) is 13.8 Å². The van der Waals surface area contributed by atoms with E-state index >= 15 is 0 Å². The van der Waals surface area contributed by atoms with Gasteiger partial charge in [0.1, 0.15) is 12.2 Å². The summed E-state index contributed by atoms with van der Waals surface area (Å²) in [5.41, 5.74) is 0. The molecule has 0 aromatic carbocycles. The van der Waals surface area contributed by atoms with E-state index < -0.39 is 0 Å². The molecule has 0 saturated carbocycles. The first-order valence-electron chi connectivity index (χ1n) is 3.97. The van der Waals surface area contributed by atoms with Gasteiger partial charge in [0.25, 0.3) is 0 Å². The molecule has 0 bridgehead atoms. The first kappa shape index (κ1) is 9.03. The van der Waals surface area contributed by atoms with Gasteiger partial charge in [-0.25, -0.2) is 0 Å². The van der Waals surface area contributed by atoms with E-state index in [0.717, 1.165) is 0 Å². The summed E-state index contributed by atoms with van der Waals surface area (Å²) in [5.74, 6) is -0.134. The maximum absolute atomic E-state index is 9.89. The first-order chi connectivity index (χ1) is 5.58. The molecule has 2 aliphatic rings. The molecule has 0 N–H and O–H groups in total. The molecule has 0 radical (unpaired) electrons. The zero-order valence-electron chi connectivity index (χ0n) is 7.20. The van der Waals surface area contributed by atoms with Crippen molar-refractivity contribution in [2.24, 2.45) is 0 Å². The van der Waals surface area contributed by atoms with Crippen molar-refractivity contribution < 1.29 is 19.1 Å². The third kappa shape index (κ3) is 2.53. The lowest BCUT2D eigenvalue weighted by Gasteiger charge is -2.20. The number of hydrogen-bond acceptors (Lipinski definition) is 4. The molecule has 2 aliphatic heterocycles. The summed E-state index contributed by atoms with van der Waals surface area (Å²) in [6, 6.07) is 0. The third-order valence-electron chi connectivity index (χ3n) is 1.57. The average molecular weight is 172 g/mol. The summed E-state index contributed by atoms with van der Waals surface area (Å²) in [5, 5.41) is 0. The Hall–Kier alpha value is -1.06. The standard InChI is InChI=1S/2C4H6O2/c2*1-3-2-4(5)6-3/h2*3H,2H2,1H3/t3-;/m0./s1. The van der Waals surface area contributed by atoms with Crippen LogP contribution in [0.25, 0.3) is 0 Å². The SMILES string of the molecule is CC1CC(=O)O1.C[C@H]1CC(=O)O1. The Labute approximate surface area is 70.8 Å². The maximum Gasteiger partial charge on any atom is 0.309 e. The molecule has 0 aliphatic carbocycles. The van der Waals surface area contributed by atoms with Crippen LogP contribution in [-0.2, 0) is 19.1 Å². The van der Waals surface area contributed by atoms with Crippen LogP contribution >= 0.6 is 0 Å². The van der Waals surface area contributed by atoms with Crippen LogP contribution in [0.1, 0.15) is 26.7 Å². The topological polar surface area (TPSA) is 52.6 Å². The van der Waals surface area contributed by atoms with Gasteiger partial charge in [0.15, 0.2) is 0 Å². The van der Waals surface area contributed by atoms with Crippen molar-refractivity contribution >= 4 is 11.9 Å². The Kier molecular flexibility index (Phi) is 2.68. The van der Waals surface area contributed by atoms with Crippen LogP contribution in [0.5, 0.6) is 0 Å². The number of carbonyl (C=O) groups excluding carboxylic acids is 2. The Morgan fingerprint density at radius 2 is 1.25 bits per heavy atom. The molecular weight excluding hydrogens is 160 g/mol. The number of hydrogen-bond donors (Lipinski definition) is 0. The molecule has 4 nitrogen and oxygen atoms in total. The lowest BCUT2D eigenvalue weighted by Crippen LogP contribution is -2.29. The number of ether oxygens (including phenoxy) is 2. The molecule has 2 fully saturated rings. The minimum atomic E-state index is -0.0671. The van der Waals surface area contributed by atoms with E-state index in [-0.39, 0.29) is 24.1 Å². The molecule has 2 atom stereocenters. The summed E-state index contributed by atoms with van der Waals surface area (Å²) >= 11 is 0. The molecule has 1 unspecified atom stereocenters. The predicted octanol–water partition coefficient (Wildman–Crippen LogP) is 0.644. The maximum atomic E-state index is 9.89. The fraction of sp³-hybridized carbons (Fsp3) is 0.750. The normalized spacial score (nSPS) is 31.5. The van der Waals surface area contributed by atoms with Crippen molar-refractivity contribution in [2.45, 2.75) is 38.9 Å². The van der Waals surface area contributed by atoms with E-state index in [0.29, 0.717) is 12.8 Å². The second-order valence-corrected chi connectivity index (χ2v) is 3.01. The smallest absolute Gasteiger partial charge is 0.309 e. The quantitative estimate of drug-likeness (QED) is 0.503. The highest BCUT2D eigenvalue weighted by atomic mass is 16.6. The van der Waals surface area contributed by atoms with Crippen LogP contribution < -0.4 is 0 Å². The highest BCUT2D eigenvalue weighted by Crippen LogP contribution is 2.10. The highest BCUT2D eigenvalue weighted by Gasteiger charge is 2.22. The molecule has 0 aromatic heterocycles. The lowest BCUT2D eigenvalue weighted by atomic mass is 10.2. The van der Waals surface area contributed by atoms with Gasteiger partial charge in [0, 0.05) is 0 Å². The summed E-state index contributed by atoms with van der Waals surface area (Å²) in [4.78, 5) is 19.8. The number of carbonyl (C=O) groups is 2. The van der Waals surface area contributed by atoms with E-state index in [4.69, 9.17) is 0 Å². The summed E-state index contributed by atoms with van der Waals surface area (Å²) < 4.78 is 9.00. The Morgan fingerprint density at radius 1 is 1.00 bits per heavy atom. The zero-order valence-corrected chi connectivity index (χ0v) is 7.20. The van der Waals surface area contributed by atoms with Gasteiger partial charge in [-0.2, -0.15) is 0 Å². The fourth-order valence-electron chi connectivity index (χ4n) is 0.899. The Bertz CT molecular complexity index is 161. The molecule has 2 rings (SSSR count). The van der Waals surface area contributed by atoms with Crippen LogP contribution in [0.3, 0.4) is 0 Å². The summed E-state index contributed by atoms with van der Waals surface area (Å²) in [7, 11) is 0. The largest absolute Gasteiger partial charge is 0.462 e. The van der Waals surface area contributed by atoms with Crippen molar-refractivity contribution in [3.8, 4) is 0 Å². The summed E-state index contributed by atoms with van der Waals surface area (Å²) in [6.45, 7) is 3.75. The van der Waals surface area contributed by atoms with Gasteiger partial charge in [-0.3, -0.25) is 9.59 Å². The number of esters is 2. The molecule has 12 heavy (non-hydrogen) atoms. The van der Waals surface area contributed by atoms with Gasteiger partial charge in [-0.1, -0.05) is 0 Å². The van der Waals surface area contributed by atoms with E-state index in [2.05, 4.69) is 9.47 Å². The minimum Gasteiger partial charge on any atom is -0.462 e. The van der Waals surface area contributed by atoms with Crippen molar-refractivity contribution in [2.75, 3.05) is 0 Å². The van der Waals surface area contributed by atoms with Crippen LogP contribution in [-0.4, -0.2) is 24.1 Å². The van der Waals surface area contributed by atoms with E-state index in [9.17, 15) is 9.59 Å². The van der Waals surface area contributed by atoms with Gasteiger partial charge < -0.3 is 9.47 Å². The zero-order chi connectivity index (χ0) is 9.14. The predicted molar refractivity (Wildman–Crippen MR) is 40.3 cm³/mol. The minimum absolute atomic E-state index is 0.0671. The van der Waals surface area contributed by atoms with E-state index in [1.165, 1.54) is 0 Å². The van der Waals surface area contributed by atoms with Gasteiger partial charge in [-0.15, -0.1) is 0 Å². The molecular formula is C8H12O4. The fourth-order valence-corrected chi connectivity index (χ4v) is 0.899. The second-order valence-electron chi connectivity index (χ2n) is 3.01. The number of cyclic esters (lactones) is 2. The van der Waals surface area contributed by atoms with Crippen molar-refractivity contribution in [1.82, 2.24) is 0 Å². The van der Waals surface area contributed by atoms with Gasteiger partial charge in [0.05, 0.1) is 12.8 Å². The lowest BCUT2D eigenvalue weighted by molar-refractivity contribution is -0.168. The van der Waals surface area contributed by atoms with Crippen LogP contribution in [0, 0.1) is 0 Å². The van der Waals surface area contributed by atoms with Crippen LogP contribution in [0.4, 0.5) is 0 Å². The summed E-state index contributed by atoms with van der Waals surface area (Å²) in [6.07, 6.45) is 1.61. The molecule has 68 valence electrons. The molecule has 2 heterocycles. The molecule has 2 saturated heterocycles. The third-order valence-corrected chi connectivity index (χ3v) is 1.57. The van der Waals surface area contributed by atoms with Crippen molar-refractivity contribution in [1.29, 1.82) is 0 Å². The van der Waals surface area contributed by atoms with Crippen LogP contribution in [0.2, 0.25) is 0 Å². The van der Waals surface area contributed by atoms with Crippen LogP contribution in [0.15, 0.2) is 0 Å². The number of rotatable bonds is 0. The highest BCUT2D eigenvalue weighted by molar-refractivity contribution is 5.75. The van der Waals surface area contributed by atoms with Crippen molar-refractivity contribution in [3.63, 3.8) is 0 Å². The molecule has 0 spiro atoms. The second kappa shape index (κ2) is 3.56. The molecule has 0 amide bonds.